The van der Waals surface area contributed by atoms with Gasteiger partial charge in [-0.3, -0.25) is 20.2 Å². The predicted molar refractivity (Wildman–Crippen MR) is 96.3 cm³/mol. The fourth-order valence-corrected chi connectivity index (χ4v) is 2.56. The summed E-state index contributed by atoms with van der Waals surface area (Å²) in [4.78, 5) is 23.1. The summed E-state index contributed by atoms with van der Waals surface area (Å²) in [6.45, 7) is 0.445. The van der Waals surface area contributed by atoms with Crippen molar-refractivity contribution in [2.24, 2.45) is 5.73 Å². The minimum atomic E-state index is -0.652. The number of nitriles is 2. The second-order valence-electron chi connectivity index (χ2n) is 5.44. The SMILES string of the molecule is N#Cc1ccc(N(CCCN)c2ccc(C#N)cc2[N+](=O)[O-])c([N+](=O)[O-])c1. The molecular weight excluding hydrogens is 352 g/mol. The molecule has 0 bridgehead atoms. The van der Waals surface area contributed by atoms with Gasteiger partial charge in [-0.05, 0) is 37.2 Å². The summed E-state index contributed by atoms with van der Waals surface area (Å²) in [6, 6.07) is 11.4. The molecule has 0 spiro atoms. The number of anilines is 2. The topological polar surface area (TPSA) is 163 Å². The largest absolute Gasteiger partial charge is 0.330 e. The van der Waals surface area contributed by atoms with E-state index in [4.69, 9.17) is 16.3 Å². The number of hydrogen-bond acceptors (Lipinski definition) is 8. The Hall–Kier alpha value is -4.02. The Morgan fingerprint density at radius 1 is 0.926 bits per heavy atom. The molecule has 136 valence electrons. The van der Waals surface area contributed by atoms with Crippen LogP contribution in [0.2, 0.25) is 0 Å². The normalized spacial score (nSPS) is 9.89. The molecule has 2 rings (SSSR count). The average Bonchev–Trinajstić information content (AvgIpc) is 2.68. The molecule has 27 heavy (non-hydrogen) atoms. The molecule has 0 fully saturated rings. The first-order valence-electron chi connectivity index (χ1n) is 7.77. The third-order valence-corrected chi connectivity index (χ3v) is 3.77. The molecule has 0 unspecified atom stereocenters. The molecule has 0 heterocycles. The standard InChI is InChI=1S/C17H14N6O4/c18-6-1-7-21(14-4-2-12(10-19)8-16(14)22(24)25)15-5-3-13(11-20)9-17(15)23(26)27/h2-5,8-9H,1,6-7,18H2. The van der Waals surface area contributed by atoms with Gasteiger partial charge in [0, 0.05) is 18.7 Å². The van der Waals surface area contributed by atoms with Crippen LogP contribution in [0.25, 0.3) is 0 Å². The smallest absolute Gasteiger partial charge is 0.294 e. The third kappa shape index (κ3) is 4.15. The van der Waals surface area contributed by atoms with Crippen LogP contribution in [0.1, 0.15) is 17.5 Å². The van der Waals surface area contributed by atoms with Gasteiger partial charge in [-0.15, -0.1) is 0 Å². The number of hydrogen-bond donors (Lipinski definition) is 1. The van der Waals surface area contributed by atoms with Crippen LogP contribution in [0.4, 0.5) is 22.7 Å². The second-order valence-corrected chi connectivity index (χ2v) is 5.44. The van der Waals surface area contributed by atoms with Gasteiger partial charge in [0.05, 0.1) is 33.1 Å². The van der Waals surface area contributed by atoms with Crippen LogP contribution in [0, 0.1) is 42.9 Å². The number of nitro groups is 2. The first-order chi connectivity index (χ1) is 12.9. The molecule has 10 heteroatoms. The maximum atomic E-state index is 11.5. The molecule has 0 saturated carbocycles. The van der Waals surface area contributed by atoms with E-state index in [-0.39, 0.29) is 47.0 Å². The lowest BCUT2D eigenvalue weighted by Crippen LogP contribution is -2.23. The van der Waals surface area contributed by atoms with Crippen LogP contribution in [-0.4, -0.2) is 22.9 Å². The minimum absolute atomic E-state index is 0.0959. The Labute approximate surface area is 154 Å². The van der Waals surface area contributed by atoms with E-state index < -0.39 is 9.85 Å². The van der Waals surface area contributed by atoms with Gasteiger partial charge in [-0.2, -0.15) is 10.5 Å². The van der Waals surface area contributed by atoms with Gasteiger partial charge in [-0.25, -0.2) is 0 Å². The average molecular weight is 366 g/mol. The first-order valence-corrected chi connectivity index (χ1v) is 7.77. The van der Waals surface area contributed by atoms with Crippen molar-refractivity contribution in [2.45, 2.75) is 6.42 Å². The van der Waals surface area contributed by atoms with Crippen LogP contribution in [-0.2, 0) is 0 Å². The maximum Gasteiger partial charge on any atom is 0.294 e. The second kappa shape index (κ2) is 8.38. The quantitative estimate of drug-likeness (QED) is 0.577. The first kappa shape index (κ1) is 19.3. The van der Waals surface area contributed by atoms with Gasteiger partial charge in [0.15, 0.2) is 0 Å². The van der Waals surface area contributed by atoms with Gasteiger partial charge in [0.2, 0.25) is 0 Å². The predicted octanol–water partition coefficient (Wildman–Crippen LogP) is 2.73. The van der Waals surface area contributed by atoms with Crippen molar-refractivity contribution >= 4 is 22.7 Å². The van der Waals surface area contributed by atoms with Gasteiger partial charge < -0.3 is 10.6 Å². The lowest BCUT2D eigenvalue weighted by Gasteiger charge is -2.24. The van der Waals surface area contributed by atoms with E-state index in [9.17, 15) is 20.2 Å². The maximum absolute atomic E-state index is 11.5. The van der Waals surface area contributed by atoms with Crippen LogP contribution >= 0.6 is 0 Å². The van der Waals surface area contributed by atoms with Crippen LogP contribution in [0.3, 0.4) is 0 Å². The van der Waals surface area contributed by atoms with E-state index in [1.165, 1.54) is 29.2 Å². The summed E-state index contributed by atoms with van der Waals surface area (Å²) < 4.78 is 0. The molecule has 0 aliphatic rings. The van der Waals surface area contributed by atoms with E-state index in [2.05, 4.69) is 0 Å². The van der Waals surface area contributed by atoms with Crippen molar-refractivity contribution in [2.75, 3.05) is 18.0 Å². The molecule has 10 nitrogen and oxygen atoms in total. The highest BCUT2D eigenvalue weighted by Gasteiger charge is 2.27. The van der Waals surface area contributed by atoms with Crippen LogP contribution < -0.4 is 10.6 Å². The Balaban J connectivity index is 2.72. The summed E-state index contributed by atoms with van der Waals surface area (Å²) in [7, 11) is 0. The Kier molecular flexibility index (Phi) is 5.99. The number of nitrogens with zero attached hydrogens (tertiary/aromatic N) is 5. The Morgan fingerprint density at radius 2 is 1.37 bits per heavy atom. The van der Waals surface area contributed by atoms with E-state index in [0.717, 1.165) is 12.1 Å². The third-order valence-electron chi connectivity index (χ3n) is 3.77. The molecule has 0 aromatic heterocycles. The van der Waals surface area contributed by atoms with Crippen LogP contribution in [0.5, 0.6) is 0 Å². The van der Waals surface area contributed by atoms with Crippen molar-refractivity contribution in [3.05, 3.63) is 67.8 Å². The zero-order valence-corrected chi connectivity index (χ0v) is 14.0. The van der Waals surface area contributed by atoms with E-state index in [1.54, 1.807) is 0 Å². The highest BCUT2D eigenvalue weighted by atomic mass is 16.6. The summed E-state index contributed by atoms with van der Waals surface area (Å²) >= 11 is 0. The van der Waals surface area contributed by atoms with Gasteiger partial charge >= 0.3 is 0 Å². The van der Waals surface area contributed by atoms with Gasteiger partial charge in [-0.1, -0.05) is 0 Å². The lowest BCUT2D eigenvalue weighted by atomic mass is 10.1. The van der Waals surface area contributed by atoms with Crippen molar-refractivity contribution < 1.29 is 9.85 Å². The molecule has 2 aromatic carbocycles. The molecule has 0 amide bonds. The Bertz CT molecular complexity index is 901. The number of nitro benzene ring substituents is 2. The molecule has 0 atom stereocenters. The lowest BCUT2D eigenvalue weighted by molar-refractivity contribution is -0.384. The van der Waals surface area contributed by atoms with Crippen molar-refractivity contribution in [1.82, 2.24) is 0 Å². The zero-order chi connectivity index (χ0) is 20.0. The molecule has 0 radical (unpaired) electrons. The fourth-order valence-electron chi connectivity index (χ4n) is 2.56. The van der Waals surface area contributed by atoms with Crippen molar-refractivity contribution in [3.63, 3.8) is 0 Å². The number of benzene rings is 2. The Morgan fingerprint density at radius 3 is 1.70 bits per heavy atom. The number of nitrogens with two attached hydrogens (primary N) is 1. The van der Waals surface area contributed by atoms with E-state index in [0.29, 0.717) is 6.42 Å². The van der Waals surface area contributed by atoms with Crippen molar-refractivity contribution in [3.8, 4) is 12.1 Å². The monoisotopic (exact) mass is 366 g/mol. The highest BCUT2D eigenvalue weighted by molar-refractivity contribution is 5.78. The summed E-state index contributed by atoms with van der Waals surface area (Å²) in [6.07, 6.45) is 0.411. The highest BCUT2D eigenvalue weighted by Crippen LogP contribution is 2.39. The summed E-state index contributed by atoms with van der Waals surface area (Å²) in [5.74, 6) is 0. The molecule has 0 saturated heterocycles. The summed E-state index contributed by atoms with van der Waals surface area (Å²) in [5.41, 5.74) is 5.21. The summed E-state index contributed by atoms with van der Waals surface area (Å²) in [5, 5.41) is 40.9. The zero-order valence-electron chi connectivity index (χ0n) is 14.0. The van der Waals surface area contributed by atoms with Gasteiger partial charge in [0.1, 0.15) is 11.4 Å². The molecule has 0 aliphatic carbocycles. The molecule has 0 aliphatic heterocycles. The molecular formula is C17H14N6O4. The van der Waals surface area contributed by atoms with E-state index in [1.807, 2.05) is 12.1 Å². The van der Waals surface area contributed by atoms with E-state index >= 15 is 0 Å². The van der Waals surface area contributed by atoms with Crippen molar-refractivity contribution in [1.29, 1.82) is 10.5 Å². The van der Waals surface area contributed by atoms with Gasteiger partial charge in [0.25, 0.3) is 11.4 Å². The minimum Gasteiger partial charge on any atom is -0.330 e. The fraction of sp³-hybridized carbons (Fsp3) is 0.176. The van der Waals surface area contributed by atoms with Crippen LogP contribution in [0.15, 0.2) is 36.4 Å². The molecule has 2 N–H and O–H groups in total. The number of rotatable bonds is 7. The molecule has 2 aromatic rings.